The Morgan fingerprint density at radius 1 is 1.29 bits per heavy atom. The summed E-state index contributed by atoms with van der Waals surface area (Å²) in [5.41, 5.74) is 2.18. The van der Waals surface area contributed by atoms with Gasteiger partial charge in [0.2, 0.25) is 5.91 Å². The van der Waals surface area contributed by atoms with Crippen molar-refractivity contribution < 1.29 is 9.53 Å². The molecule has 0 aliphatic heterocycles. The van der Waals surface area contributed by atoms with Gasteiger partial charge >= 0.3 is 0 Å². The van der Waals surface area contributed by atoms with Crippen molar-refractivity contribution in [2.45, 2.75) is 46.4 Å². The van der Waals surface area contributed by atoms with Crippen molar-refractivity contribution in [2.24, 2.45) is 0 Å². The van der Waals surface area contributed by atoms with Crippen LogP contribution in [0, 0.1) is 4.77 Å². The third-order valence-corrected chi connectivity index (χ3v) is 3.91. The summed E-state index contributed by atoms with van der Waals surface area (Å²) < 4.78 is 7.60. The predicted octanol–water partition coefficient (Wildman–Crippen LogP) is 2.75. The first-order valence-electron chi connectivity index (χ1n) is 8.20. The first-order valence-corrected chi connectivity index (χ1v) is 8.61. The number of aromatic amines is 1. The Hall–Kier alpha value is -1.99. The van der Waals surface area contributed by atoms with Crippen LogP contribution in [0.4, 0.5) is 0 Å². The molecule has 0 unspecified atom stereocenters. The van der Waals surface area contributed by atoms with E-state index in [1.807, 2.05) is 31.2 Å². The maximum atomic E-state index is 12.2. The number of hydrogen-bond donors (Lipinski definition) is 2. The van der Waals surface area contributed by atoms with Gasteiger partial charge < -0.3 is 10.1 Å². The minimum atomic E-state index is -0.0803. The Morgan fingerprint density at radius 2 is 2.00 bits per heavy atom. The van der Waals surface area contributed by atoms with E-state index in [0.29, 0.717) is 24.5 Å². The van der Waals surface area contributed by atoms with Gasteiger partial charge in [0, 0.05) is 19.6 Å². The summed E-state index contributed by atoms with van der Waals surface area (Å²) in [5.74, 6) is 0.737. The van der Waals surface area contributed by atoms with Crippen LogP contribution in [0.25, 0.3) is 0 Å². The third kappa shape index (κ3) is 5.28. The molecule has 0 aliphatic carbocycles. The van der Waals surface area contributed by atoms with Crippen LogP contribution in [0.3, 0.4) is 0 Å². The Kier molecular flexibility index (Phi) is 7.14. The molecule has 6 nitrogen and oxygen atoms in total. The second-order valence-corrected chi connectivity index (χ2v) is 5.90. The molecule has 1 heterocycles. The van der Waals surface area contributed by atoms with Crippen molar-refractivity contribution in [2.75, 3.05) is 6.61 Å². The second-order valence-electron chi connectivity index (χ2n) is 5.51. The van der Waals surface area contributed by atoms with Gasteiger partial charge in [-0.05, 0) is 36.7 Å². The Bertz CT molecular complexity index is 706. The number of aryl methyl sites for hydroxylation is 1. The van der Waals surface area contributed by atoms with E-state index in [-0.39, 0.29) is 12.5 Å². The molecule has 24 heavy (non-hydrogen) atoms. The number of rotatable bonds is 9. The normalized spacial score (nSPS) is 10.8. The van der Waals surface area contributed by atoms with Gasteiger partial charge in [-0.15, -0.1) is 0 Å². The number of H-pyrrole nitrogens is 1. The third-order valence-electron chi connectivity index (χ3n) is 3.60. The average Bonchev–Trinajstić information content (AvgIpc) is 2.93. The number of nitrogens with one attached hydrogen (secondary N) is 2. The number of aromatic nitrogens is 3. The number of amides is 1. The van der Waals surface area contributed by atoms with Gasteiger partial charge in [0.15, 0.2) is 4.77 Å². The molecule has 1 aromatic carbocycles. The number of hydrogen-bond acceptors (Lipinski definition) is 4. The van der Waals surface area contributed by atoms with Gasteiger partial charge in [0.1, 0.15) is 12.4 Å². The van der Waals surface area contributed by atoms with Crippen molar-refractivity contribution in [3.8, 4) is 0 Å². The second kappa shape index (κ2) is 9.34. The maximum absolute atomic E-state index is 12.2. The van der Waals surface area contributed by atoms with Crippen LogP contribution >= 0.6 is 12.2 Å². The lowest BCUT2D eigenvalue weighted by atomic mass is 10.1. The highest BCUT2D eigenvalue weighted by atomic mass is 32.1. The quantitative estimate of drug-likeness (QED) is 0.684. The van der Waals surface area contributed by atoms with Crippen LogP contribution in [0.2, 0.25) is 0 Å². The largest absolute Gasteiger partial charge is 0.377 e. The predicted molar refractivity (Wildman–Crippen MR) is 95.0 cm³/mol. The van der Waals surface area contributed by atoms with Crippen LogP contribution in [0.1, 0.15) is 37.2 Å². The summed E-state index contributed by atoms with van der Waals surface area (Å²) in [6, 6.07) is 8.03. The van der Waals surface area contributed by atoms with Gasteiger partial charge in [-0.3, -0.25) is 14.5 Å². The lowest BCUT2D eigenvalue weighted by molar-refractivity contribution is -0.121. The summed E-state index contributed by atoms with van der Waals surface area (Å²) in [6.07, 6.45) is 1.75. The van der Waals surface area contributed by atoms with E-state index < -0.39 is 0 Å². The highest BCUT2D eigenvalue weighted by Gasteiger charge is 2.09. The number of carbonyl (C=O) groups is 1. The van der Waals surface area contributed by atoms with E-state index in [1.54, 1.807) is 4.57 Å². The zero-order chi connectivity index (χ0) is 17.4. The first kappa shape index (κ1) is 18.4. The van der Waals surface area contributed by atoms with Gasteiger partial charge in [-0.1, -0.05) is 31.2 Å². The van der Waals surface area contributed by atoms with Crippen molar-refractivity contribution in [3.05, 3.63) is 46.0 Å². The molecular weight excluding hydrogens is 324 g/mol. The number of ether oxygens (including phenoxy) is 1. The van der Waals surface area contributed by atoms with Crippen molar-refractivity contribution in [3.63, 3.8) is 0 Å². The SMILES string of the molecule is CCCc1n[nH]c(=S)n1CC(=O)NCc1ccc(COCC)cc1. The molecule has 0 saturated heterocycles. The zero-order valence-electron chi connectivity index (χ0n) is 14.2. The average molecular weight is 348 g/mol. The van der Waals surface area contributed by atoms with Crippen LogP contribution < -0.4 is 5.32 Å². The molecule has 2 rings (SSSR count). The summed E-state index contributed by atoms with van der Waals surface area (Å²) in [7, 11) is 0. The monoisotopic (exact) mass is 348 g/mol. The molecule has 2 N–H and O–H groups in total. The zero-order valence-corrected chi connectivity index (χ0v) is 15.0. The van der Waals surface area contributed by atoms with E-state index in [1.165, 1.54) is 0 Å². The van der Waals surface area contributed by atoms with Crippen LogP contribution in [-0.2, 0) is 35.6 Å². The number of carbonyl (C=O) groups excluding carboxylic acids is 1. The van der Waals surface area contributed by atoms with Crippen molar-refractivity contribution >= 4 is 18.1 Å². The molecular formula is C17H24N4O2S. The van der Waals surface area contributed by atoms with E-state index in [9.17, 15) is 4.79 Å². The Morgan fingerprint density at radius 3 is 2.67 bits per heavy atom. The fourth-order valence-corrected chi connectivity index (χ4v) is 2.52. The van der Waals surface area contributed by atoms with Crippen molar-refractivity contribution in [1.29, 1.82) is 0 Å². The molecule has 0 saturated carbocycles. The smallest absolute Gasteiger partial charge is 0.240 e. The summed E-state index contributed by atoms with van der Waals surface area (Å²) in [6.45, 7) is 6.03. The minimum absolute atomic E-state index is 0.0803. The molecule has 0 aliphatic rings. The van der Waals surface area contributed by atoms with E-state index >= 15 is 0 Å². The Balaban J connectivity index is 1.87. The molecule has 2 aromatic rings. The number of benzene rings is 1. The van der Waals surface area contributed by atoms with E-state index in [4.69, 9.17) is 17.0 Å². The van der Waals surface area contributed by atoms with Crippen molar-refractivity contribution in [1.82, 2.24) is 20.1 Å². The first-order chi connectivity index (χ1) is 11.6. The summed E-state index contributed by atoms with van der Waals surface area (Å²) in [5, 5.41) is 9.83. The molecule has 0 spiro atoms. The van der Waals surface area contributed by atoms with Crippen LogP contribution in [0.15, 0.2) is 24.3 Å². The summed E-state index contributed by atoms with van der Waals surface area (Å²) in [4.78, 5) is 12.2. The standard InChI is InChI=1S/C17H24N4O2S/c1-3-5-15-19-20-17(24)21(15)11-16(22)18-10-13-6-8-14(9-7-13)12-23-4-2/h6-9H,3-5,10-12H2,1-2H3,(H,18,22)(H,20,24). The van der Waals surface area contributed by atoms with E-state index in [2.05, 4.69) is 22.4 Å². The summed E-state index contributed by atoms with van der Waals surface area (Å²) >= 11 is 5.19. The fraction of sp³-hybridized carbons (Fsp3) is 0.471. The van der Waals surface area contributed by atoms with Crippen LogP contribution in [-0.4, -0.2) is 27.3 Å². The van der Waals surface area contributed by atoms with Gasteiger partial charge in [-0.25, -0.2) is 0 Å². The van der Waals surface area contributed by atoms with Gasteiger partial charge in [-0.2, -0.15) is 5.10 Å². The molecule has 0 radical (unpaired) electrons. The van der Waals surface area contributed by atoms with E-state index in [0.717, 1.165) is 29.8 Å². The molecule has 1 aromatic heterocycles. The fourth-order valence-electron chi connectivity index (χ4n) is 2.30. The lowest BCUT2D eigenvalue weighted by Gasteiger charge is -2.08. The highest BCUT2D eigenvalue weighted by Crippen LogP contribution is 2.06. The Labute approximate surface area is 147 Å². The topological polar surface area (TPSA) is 71.9 Å². The molecule has 0 bridgehead atoms. The number of nitrogens with zero attached hydrogens (tertiary/aromatic N) is 2. The molecule has 130 valence electrons. The lowest BCUT2D eigenvalue weighted by Crippen LogP contribution is -2.27. The van der Waals surface area contributed by atoms with Crippen LogP contribution in [0.5, 0.6) is 0 Å². The highest BCUT2D eigenvalue weighted by molar-refractivity contribution is 7.71. The molecule has 0 atom stereocenters. The minimum Gasteiger partial charge on any atom is -0.377 e. The molecule has 1 amide bonds. The molecule has 0 fully saturated rings. The van der Waals surface area contributed by atoms with Gasteiger partial charge in [0.25, 0.3) is 0 Å². The van der Waals surface area contributed by atoms with Gasteiger partial charge in [0.05, 0.1) is 6.61 Å². The maximum Gasteiger partial charge on any atom is 0.240 e. The molecule has 7 heteroatoms.